The van der Waals surface area contributed by atoms with Gasteiger partial charge in [0.15, 0.2) is 5.82 Å². The minimum absolute atomic E-state index is 0.0376. The van der Waals surface area contributed by atoms with E-state index in [0.29, 0.717) is 24.6 Å². The highest BCUT2D eigenvalue weighted by atomic mass is 32.1. The SMILES string of the molecule is CC[C@H](Cn1nc(-c2cccs2)ccc1=O)NC(=O)Cc1nc2nc(C)cc(C)n2n1. The highest BCUT2D eigenvalue weighted by Crippen LogP contribution is 2.21. The smallest absolute Gasteiger partial charge is 0.266 e. The summed E-state index contributed by atoms with van der Waals surface area (Å²) in [4.78, 5) is 34.6. The molecule has 0 aliphatic heterocycles. The molecular weight excluding hydrogens is 414 g/mol. The number of amides is 1. The van der Waals surface area contributed by atoms with Crippen molar-refractivity contribution in [3.8, 4) is 10.6 Å². The van der Waals surface area contributed by atoms with E-state index in [4.69, 9.17) is 0 Å². The quantitative estimate of drug-likeness (QED) is 0.475. The molecule has 0 bridgehead atoms. The Morgan fingerprint density at radius 1 is 1.19 bits per heavy atom. The van der Waals surface area contributed by atoms with E-state index in [1.807, 2.05) is 44.4 Å². The van der Waals surface area contributed by atoms with Crippen molar-refractivity contribution in [3.63, 3.8) is 0 Å². The van der Waals surface area contributed by atoms with Crippen molar-refractivity contribution in [1.29, 1.82) is 0 Å². The third-order valence-electron chi connectivity index (χ3n) is 4.87. The van der Waals surface area contributed by atoms with E-state index in [-0.39, 0.29) is 23.9 Å². The molecule has 1 amide bonds. The van der Waals surface area contributed by atoms with Crippen molar-refractivity contribution >= 4 is 23.0 Å². The normalized spacial score (nSPS) is 12.2. The fourth-order valence-corrected chi connectivity index (χ4v) is 4.02. The first-order valence-corrected chi connectivity index (χ1v) is 10.9. The number of aromatic nitrogens is 6. The minimum atomic E-state index is -0.240. The molecule has 0 radical (unpaired) electrons. The van der Waals surface area contributed by atoms with E-state index < -0.39 is 0 Å². The molecule has 0 saturated carbocycles. The lowest BCUT2D eigenvalue weighted by Gasteiger charge is -2.17. The van der Waals surface area contributed by atoms with Gasteiger partial charge in [0.05, 0.1) is 17.8 Å². The van der Waals surface area contributed by atoms with Gasteiger partial charge < -0.3 is 5.32 Å². The van der Waals surface area contributed by atoms with Crippen LogP contribution in [0.1, 0.15) is 30.6 Å². The summed E-state index contributed by atoms with van der Waals surface area (Å²) in [6.45, 7) is 6.06. The molecule has 0 spiro atoms. The van der Waals surface area contributed by atoms with Gasteiger partial charge in [-0.05, 0) is 43.8 Å². The maximum absolute atomic E-state index is 12.6. The summed E-state index contributed by atoms with van der Waals surface area (Å²) in [5.74, 6) is 0.677. The Labute approximate surface area is 182 Å². The number of hydrogen-bond donors (Lipinski definition) is 1. The van der Waals surface area contributed by atoms with Gasteiger partial charge in [-0.15, -0.1) is 16.4 Å². The predicted molar refractivity (Wildman–Crippen MR) is 118 cm³/mol. The van der Waals surface area contributed by atoms with Crippen LogP contribution in [0.2, 0.25) is 0 Å². The molecule has 31 heavy (non-hydrogen) atoms. The van der Waals surface area contributed by atoms with Crippen molar-refractivity contribution in [2.45, 2.75) is 46.2 Å². The molecule has 1 atom stereocenters. The number of nitrogens with zero attached hydrogens (tertiary/aromatic N) is 6. The van der Waals surface area contributed by atoms with Gasteiger partial charge in [-0.3, -0.25) is 9.59 Å². The molecule has 0 aromatic carbocycles. The Kier molecular flexibility index (Phi) is 5.90. The molecule has 9 nitrogen and oxygen atoms in total. The molecule has 4 rings (SSSR count). The molecule has 1 N–H and O–H groups in total. The Morgan fingerprint density at radius 2 is 2.03 bits per heavy atom. The average molecular weight is 438 g/mol. The average Bonchev–Trinajstić information content (AvgIpc) is 3.39. The highest BCUT2D eigenvalue weighted by Gasteiger charge is 2.16. The molecule has 0 saturated heterocycles. The summed E-state index contributed by atoms with van der Waals surface area (Å²) in [5, 5.41) is 13.8. The Balaban J connectivity index is 1.46. The molecule has 160 valence electrons. The van der Waals surface area contributed by atoms with Crippen molar-refractivity contribution in [1.82, 2.24) is 34.7 Å². The van der Waals surface area contributed by atoms with Crippen molar-refractivity contribution in [3.05, 3.63) is 63.3 Å². The zero-order valence-corrected chi connectivity index (χ0v) is 18.4. The third kappa shape index (κ3) is 4.69. The maximum Gasteiger partial charge on any atom is 0.266 e. The summed E-state index contributed by atoms with van der Waals surface area (Å²) >= 11 is 1.56. The molecule has 0 aliphatic rings. The van der Waals surface area contributed by atoms with Crippen LogP contribution in [0.4, 0.5) is 0 Å². The fraction of sp³-hybridized carbons (Fsp3) is 0.333. The van der Waals surface area contributed by atoms with Gasteiger partial charge >= 0.3 is 0 Å². The summed E-state index contributed by atoms with van der Waals surface area (Å²) in [6, 6.07) is 8.80. The lowest BCUT2D eigenvalue weighted by molar-refractivity contribution is -0.121. The van der Waals surface area contributed by atoms with Crippen LogP contribution in [0.15, 0.2) is 40.5 Å². The van der Waals surface area contributed by atoms with Crippen LogP contribution in [-0.4, -0.2) is 41.3 Å². The van der Waals surface area contributed by atoms with Gasteiger partial charge in [0.1, 0.15) is 5.69 Å². The van der Waals surface area contributed by atoms with Gasteiger partial charge in [-0.25, -0.2) is 14.2 Å². The Bertz CT molecular complexity index is 1280. The molecular formula is C21H23N7O2S. The molecule has 4 heterocycles. The largest absolute Gasteiger partial charge is 0.351 e. The monoisotopic (exact) mass is 437 g/mol. The lowest BCUT2D eigenvalue weighted by Crippen LogP contribution is -2.41. The summed E-state index contributed by atoms with van der Waals surface area (Å²) < 4.78 is 3.04. The topological polar surface area (TPSA) is 107 Å². The standard InChI is InChI=1S/C21H23N7O2S/c1-4-15(12-27-20(30)8-7-16(25-27)17-6-5-9-31-17)23-19(29)11-18-24-21-22-13(2)10-14(3)28(21)26-18/h5-10,15H,4,11-12H2,1-3H3,(H,23,29)/t15-/m1/s1. The van der Waals surface area contributed by atoms with Crippen molar-refractivity contribution < 1.29 is 4.79 Å². The van der Waals surface area contributed by atoms with Crippen LogP contribution < -0.4 is 10.9 Å². The van der Waals surface area contributed by atoms with E-state index in [1.54, 1.807) is 21.9 Å². The molecule has 0 aliphatic carbocycles. The molecule has 0 unspecified atom stereocenters. The number of hydrogen-bond acceptors (Lipinski definition) is 7. The van der Waals surface area contributed by atoms with Gasteiger partial charge in [0.25, 0.3) is 11.3 Å². The van der Waals surface area contributed by atoms with Crippen LogP contribution in [0.25, 0.3) is 16.3 Å². The van der Waals surface area contributed by atoms with E-state index in [1.165, 1.54) is 10.7 Å². The summed E-state index contributed by atoms with van der Waals surface area (Å²) in [6.07, 6.45) is 0.692. The van der Waals surface area contributed by atoms with Crippen LogP contribution in [-0.2, 0) is 17.8 Å². The number of aryl methyl sites for hydroxylation is 2. The molecule has 0 fully saturated rings. The van der Waals surface area contributed by atoms with Crippen LogP contribution >= 0.6 is 11.3 Å². The van der Waals surface area contributed by atoms with E-state index in [0.717, 1.165) is 22.0 Å². The van der Waals surface area contributed by atoms with Gasteiger partial charge in [0.2, 0.25) is 5.91 Å². The van der Waals surface area contributed by atoms with Gasteiger partial charge in [-0.1, -0.05) is 13.0 Å². The van der Waals surface area contributed by atoms with Crippen molar-refractivity contribution in [2.24, 2.45) is 0 Å². The lowest BCUT2D eigenvalue weighted by atomic mass is 10.2. The highest BCUT2D eigenvalue weighted by molar-refractivity contribution is 7.13. The van der Waals surface area contributed by atoms with E-state index in [2.05, 4.69) is 25.5 Å². The Hall–Kier alpha value is -3.40. The maximum atomic E-state index is 12.6. The van der Waals surface area contributed by atoms with E-state index >= 15 is 0 Å². The molecule has 10 heteroatoms. The molecule has 4 aromatic rings. The number of thiophene rings is 1. The number of carbonyl (C=O) groups is 1. The summed E-state index contributed by atoms with van der Waals surface area (Å²) in [5.41, 5.74) is 2.29. The number of nitrogens with one attached hydrogen (secondary N) is 1. The third-order valence-corrected chi connectivity index (χ3v) is 5.76. The van der Waals surface area contributed by atoms with E-state index in [9.17, 15) is 9.59 Å². The minimum Gasteiger partial charge on any atom is -0.351 e. The van der Waals surface area contributed by atoms with Crippen LogP contribution in [0.5, 0.6) is 0 Å². The zero-order valence-electron chi connectivity index (χ0n) is 17.6. The zero-order chi connectivity index (χ0) is 22.0. The predicted octanol–water partition coefficient (Wildman–Crippen LogP) is 2.16. The van der Waals surface area contributed by atoms with Crippen molar-refractivity contribution in [2.75, 3.05) is 0 Å². The first-order chi connectivity index (χ1) is 14.9. The van der Waals surface area contributed by atoms with Gasteiger partial charge in [0, 0.05) is 23.5 Å². The number of rotatable bonds is 7. The van der Waals surface area contributed by atoms with Crippen LogP contribution in [0.3, 0.4) is 0 Å². The number of fused-ring (bicyclic) bond motifs is 1. The fourth-order valence-electron chi connectivity index (χ4n) is 3.33. The van der Waals surface area contributed by atoms with Crippen LogP contribution in [0, 0.1) is 13.8 Å². The van der Waals surface area contributed by atoms with Gasteiger partial charge in [-0.2, -0.15) is 10.1 Å². The second-order valence-corrected chi connectivity index (χ2v) is 8.29. The number of carbonyl (C=O) groups excluding carboxylic acids is 1. The second-order valence-electron chi connectivity index (χ2n) is 7.34. The Morgan fingerprint density at radius 3 is 2.77 bits per heavy atom. The first-order valence-electron chi connectivity index (χ1n) is 10.0. The second kappa shape index (κ2) is 8.76. The first kappa shape index (κ1) is 20.9. The summed E-state index contributed by atoms with van der Waals surface area (Å²) in [7, 11) is 0. The molecule has 4 aromatic heterocycles.